The van der Waals surface area contributed by atoms with Crippen molar-refractivity contribution in [1.82, 2.24) is 10.2 Å². The Hall–Kier alpha value is -1.32. The standard InChI is InChI=1S/C9H12N2O2/c1-2-13-9(12)8-3-7(8)6-4-10-11-5-6/h4-5,7-8H,2-3H2,1H3,(H,10,11)/t7-,8+/m1/s1. The van der Waals surface area contributed by atoms with Gasteiger partial charge in [-0.25, -0.2) is 0 Å². The number of nitrogens with zero attached hydrogens (tertiary/aromatic N) is 1. The summed E-state index contributed by atoms with van der Waals surface area (Å²) in [6.07, 6.45) is 4.51. The summed E-state index contributed by atoms with van der Waals surface area (Å²) in [5.41, 5.74) is 1.11. The van der Waals surface area contributed by atoms with Gasteiger partial charge in [0.2, 0.25) is 0 Å². The van der Waals surface area contributed by atoms with Crippen molar-refractivity contribution in [3.8, 4) is 0 Å². The highest BCUT2D eigenvalue weighted by Crippen LogP contribution is 2.47. The quantitative estimate of drug-likeness (QED) is 0.708. The summed E-state index contributed by atoms with van der Waals surface area (Å²) in [5.74, 6) is 0.323. The number of carbonyl (C=O) groups excluding carboxylic acids is 1. The van der Waals surface area contributed by atoms with Gasteiger partial charge < -0.3 is 4.74 Å². The number of esters is 1. The summed E-state index contributed by atoms with van der Waals surface area (Å²) >= 11 is 0. The fourth-order valence-electron chi connectivity index (χ4n) is 1.54. The van der Waals surface area contributed by atoms with Gasteiger partial charge in [0, 0.05) is 12.1 Å². The average Bonchev–Trinajstić information content (AvgIpc) is 2.74. The summed E-state index contributed by atoms with van der Waals surface area (Å²) in [7, 11) is 0. The van der Waals surface area contributed by atoms with Crippen LogP contribution in [0.15, 0.2) is 12.4 Å². The van der Waals surface area contributed by atoms with Crippen LogP contribution in [0.3, 0.4) is 0 Å². The van der Waals surface area contributed by atoms with Crippen molar-refractivity contribution in [3.63, 3.8) is 0 Å². The second-order valence-electron chi connectivity index (χ2n) is 3.23. The third-order valence-electron chi connectivity index (χ3n) is 2.33. The van der Waals surface area contributed by atoms with Crippen LogP contribution in [0.5, 0.6) is 0 Å². The minimum Gasteiger partial charge on any atom is -0.466 e. The SMILES string of the molecule is CCOC(=O)[C@H]1C[C@@H]1c1cn[nH]c1. The Morgan fingerprint density at radius 2 is 2.69 bits per heavy atom. The number of aromatic nitrogens is 2. The van der Waals surface area contributed by atoms with Crippen molar-refractivity contribution >= 4 is 5.97 Å². The summed E-state index contributed by atoms with van der Waals surface area (Å²) < 4.78 is 4.92. The van der Waals surface area contributed by atoms with Crippen LogP contribution in [-0.2, 0) is 9.53 Å². The molecule has 1 aliphatic carbocycles. The molecule has 1 heterocycles. The van der Waals surface area contributed by atoms with Crippen molar-refractivity contribution in [2.45, 2.75) is 19.3 Å². The predicted octanol–water partition coefficient (Wildman–Crippen LogP) is 1.08. The monoisotopic (exact) mass is 180 g/mol. The Bertz CT molecular complexity index is 295. The van der Waals surface area contributed by atoms with Crippen LogP contribution in [0.2, 0.25) is 0 Å². The first kappa shape index (κ1) is 8.29. The summed E-state index contributed by atoms with van der Waals surface area (Å²) in [6, 6.07) is 0. The van der Waals surface area contributed by atoms with E-state index >= 15 is 0 Å². The minimum atomic E-state index is -0.0753. The molecule has 4 nitrogen and oxygen atoms in total. The first-order valence-corrected chi connectivity index (χ1v) is 4.48. The molecule has 0 aliphatic heterocycles. The van der Waals surface area contributed by atoms with Crippen LogP contribution in [0.1, 0.15) is 24.8 Å². The molecule has 1 aromatic heterocycles. The molecule has 0 spiro atoms. The molecule has 0 aromatic carbocycles. The van der Waals surface area contributed by atoms with Gasteiger partial charge in [0.15, 0.2) is 0 Å². The number of carbonyl (C=O) groups is 1. The molecule has 13 heavy (non-hydrogen) atoms. The van der Waals surface area contributed by atoms with E-state index in [2.05, 4.69) is 10.2 Å². The Labute approximate surface area is 76.3 Å². The second kappa shape index (κ2) is 3.20. The van der Waals surface area contributed by atoms with Gasteiger partial charge in [-0.3, -0.25) is 9.89 Å². The van der Waals surface area contributed by atoms with Gasteiger partial charge in [0.1, 0.15) is 0 Å². The van der Waals surface area contributed by atoms with Crippen LogP contribution < -0.4 is 0 Å². The van der Waals surface area contributed by atoms with Gasteiger partial charge in [0.25, 0.3) is 0 Å². The minimum absolute atomic E-state index is 0.0672. The number of hydrogen-bond acceptors (Lipinski definition) is 3. The van der Waals surface area contributed by atoms with E-state index < -0.39 is 0 Å². The fraction of sp³-hybridized carbons (Fsp3) is 0.556. The Morgan fingerprint density at radius 3 is 3.31 bits per heavy atom. The molecule has 0 saturated heterocycles. The molecule has 1 fully saturated rings. The van der Waals surface area contributed by atoms with Crippen LogP contribution in [0, 0.1) is 5.92 Å². The van der Waals surface area contributed by atoms with Crippen molar-refractivity contribution in [3.05, 3.63) is 18.0 Å². The number of H-pyrrole nitrogens is 1. The van der Waals surface area contributed by atoms with Crippen LogP contribution in [0.25, 0.3) is 0 Å². The maximum absolute atomic E-state index is 11.3. The molecule has 0 unspecified atom stereocenters. The molecule has 1 N–H and O–H groups in total. The predicted molar refractivity (Wildman–Crippen MR) is 46.1 cm³/mol. The lowest BCUT2D eigenvalue weighted by Crippen LogP contribution is -2.06. The molecule has 2 rings (SSSR count). The zero-order valence-corrected chi connectivity index (χ0v) is 7.49. The van der Waals surface area contributed by atoms with E-state index in [-0.39, 0.29) is 11.9 Å². The zero-order chi connectivity index (χ0) is 9.26. The van der Waals surface area contributed by atoms with Crippen molar-refractivity contribution in [2.75, 3.05) is 6.61 Å². The highest BCUT2D eigenvalue weighted by Gasteiger charge is 2.45. The summed E-state index contributed by atoms with van der Waals surface area (Å²) in [6.45, 7) is 2.29. The van der Waals surface area contributed by atoms with Crippen molar-refractivity contribution in [1.29, 1.82) is 0 Å². The lowest BCUT2D eigenvalue weighted by atomic mass is 10.2. The molecule has 4 heteroatoms. The van der Waals surface area contributed by atoms with Crippen molar-refractivity contribution < 1.29 is 9.53 Å². The number of ether oxygens (including phenoxy) is 1. The van der Waals surface area contributed by atoms with Gasteiger partial charge in [-0.15, -0.1) is 0 Å². The van der Waals surface area contributed by atoms with E-state index in [1.54, 1.807) is 6.20 Å². The zero-order valence-electron chi connectivity index (χ0n) is 7.49. The summed E-state index contributed by atoms with van der Waals surface area (Å²) in [4.78, 5) is 11.3. The van der Waals surface area contributed by atoms with Crippen LogP contribution in [-0.4, -0.2) is 22.8 Å². The van der Waals surface area contributed by atoms with E-state index in [9.17, 15) is 4.79 Å². The highest BCUT2D eigenvalue weighted by atomic mass is 16.5. The normalized spacial score (nSPS) is 25.6. The average molecular weight is 180 g/mol. The fourth-order valence-corrected chi connectivity index (χ4v) is 1.54. The smallest absolute Gasteiger partial charge is 0.309 e. The van der Waals surface area contributed by atoms with E-state index in [1.807, 2.05) is 13.1 Å². The largest absolute Gasteiger partial charge is 0.466 e. The Balaban J connectivity index is 1.92. The van der Waals surface area contributed by atoms with Gasteiger partial charge >= 0.3 is 5.97 Å². The third kappa shape index (κ3) is 1.56. The van der Waals surface area contributed by atoms with E-state index in [1.165, 1.54) is 0 Å². The number of rotatable bonds is 3. The molecule has 1 aromatic rings. The lowest BCUT2D eigenvalue weighted by Gasteiger charge is -1.98. The first-order valence-electron chi connectivity index (χ1n) is 4.48. The van der Waals surface area contributed by atoms with E-state index in [4.69, 9.17) is 4.74 Å². The molecule has 1 saturated carbocycles. The number of aromatic amines is 1. The van der Waals surface area contributed by atoms with Gasteiger partial charge in [0.05, 0.1) is 18.7 Å². The second-order valence-corrected chi connectivity index (χ2v) is 3.23. The van der Waals surface area contributed by atoms with Crippen molar-refractivity contribution in [2.24, 2.45) is 5.92 Å². The molecule has 0 amide bonds. The van der Waals surface area contributed by atoms with Gasteiger partial charge in [-0.1, -0.05) is 0 Å². The van der Waals surface area contributed by atoms with E-state index in [0.29, 0.717) is 12.5 Å². The Kier molecular flexibility index (Phi) is 2.04. The number of hydrogen-bond donors (Lipinski definition) is 1. The topological polar surface area (TPSA) is 55.0 Å². The Morgan fingerprint density at radius 1 is 1.85 bits per heavy atom. The third-order valence-corrected chi connectivity index (χ3v) is 2.33. The van der Waals surface area contributed by atoms with Crippen LogP contribution in [0.4, 0.5) is 0 Å². The van der Waals surface area contributed by atoms with Gasteiger partial charge in [-0.2, -0.15) is 5.10 Å². The molecule has 2 atom stereocenters. The maximum atomic E-state index is 11.3. The molecule has 70 valence electrons. The highest BCUT2D eigenvalue weighted by molar-refractivity contribution is 5.77. The molecule has 0 bridgehead atoms. The molecule has 0 radical (unpaired) electrons. The molecular formula is C9H12N2O2. The molecular weight excluding hydrogens is 168 g/mol. The first-order chi connectivity index (χ1) is 6.33. The van der Waals surface area contributed by atoms with Gasteiger partial charge in [-0.05, 0) is 18.9 Å². The van der Waals surface area contributed by atoms with Crippen LogP contribution >= 0.6 is 0 Å². The summed E-state index contributed by atoms with van der Waals surface area (Å²) in [5, 5.41) is 6.59. The van der Waals surface area contributed by atoms with E-state index in [0.717, 1.165) is 12.0 Å². The maximum Gasteiger partial charge on any atom is 0.309 e. The molecule has 1 aliphatic rings. The lowest BCUT2D eigenvalue weighted by molar-refractivity contribution is -0.144. The number of nitrogens with one attached hydrogen (secondary N) is 1.